The van der Waals surface area contributed by atoms with Gasteiger partial charge in [-0.2, -0.15) is 0 Å². The van der Waals surface area contributed by atoms with Gasteiger partial charge in [-0.05, 0) is 37.3 Å². The van der Waals surface area contributed by atoms with Crippen molar-refractivity contribution < 1.29 is 13.6 Å². The average molecular weight is 390 g/mol. The van der Waals surface area contributed by atoms with E-state index >= 15 is 0 Å². The maximum atomic E-state index is 11.9. The summed E-state index contributed by atoms with van der Waals surface area (Å²) in [4.78, 5) is 13.1. The summed E-state index contributed by atoms with van der Waals surface area (Å²) < 4.78 is 10.8. The minimum atomic E-state index is -0.0426. The molecule has 6 nitrogen and oxygen atoms in total. The third kappa shape index (κ3) is 5.40. The van der Waals surface area contributed by atoms with Crippen LogP contribution in [0.25, 0.3) is 11.5 Å². The molecule has 1 N–H and O–H groups in total. The van der Waals surface area contributed by atoms with E-state index in [1.165, 1.54) is 16.7 Å². The Morgan fingerprint density at radius 3 is 2.77 bits per heavy atom. The van der Waals surface area contributed by atoms with E-state index in [0.717, 1.165) is 23.5 Å². The molecule has 0 aliphatic rings. The molecule has 3 rings (SSSR count). The standard InChI is InChI=1S/C18H19N3O3S2/c1-13-15(8-10-23-13)17-20-21-18(24-17)26-12-16(22)19-9-5-11-25-14-6-3-2-4-7-14/h2-4,6-8,10H,5,9,11-12H2,1H3,(H,19,22). The van der Waals surface area contributed by atoms with E-state index in [4.69, 9.17) is 8.83 Å². The highest BCUT2D eigenvalue weighted by Crippen LogP contribution is 2.26. The molecule has 136 valence electrons. The molecule has 1 amide bonds. The Hall–Kier alpha value is -2.19. The number of hydrogen-bond donors (Lipinski definition) is 1. The predicted octanol–water partition coefficient (Wildman–Crippen LogP) is 4.03. The third-order valence-corrected chi connectivity index (χ3v) is 5.39. The summed E-state index contributed by atoms with van der Waals surface area (Å²) in [7, 11) is 0. The van der Waals surface area contributed by atoms with Crippen molar-refractivity contribution in [3.05, 3.63) is 48.4 Å². The average Bonchev–Trinajstić information content (AvgIpc) is 3.29. The second-order valence-electron chi connectivity index (χ2n) is 5.42. The van der Waals surface area contributed by atoms with Gasteiger partial charge in [0.15, 0.2) is 0 Å². The normalized spacial score (nSPS) is 10.8. The van der Waals surface area contributed by atoms with Crippen molar-refractivity contribution in [3.8, 4) is 11.5 Å². The molecule has 0 aliphatic heterocycles. The monoisotopic (exact) mass is 389 g/mol. The van der Waals surface area contributed by atoms with Gasteiger partial charge >= 0.3 is 0 Å². The van der Waals surface area contributed by atoms with Gasteiger partial charge in [-0.15, -0.1) is 22.0 Å². The van der Waals surface area contributed by atoms with Crippen LogP contribution < -0.4 is 5.32 Å². The number of benzene rings is 1. The second kappa shape index (κ2) is 9.49. The molecule has 8 heteroatoms. The van der Waals surface area contributed by atoms with Crippen LogP contribution in [0.5, 0.6) is 0 Å². The van der Waals surface area contributed by atoms with E-state index < -0.39 is 0 Å². The van der Waals surface area contributed by atoms with Crippen LogP contribution in [0.15, 0.2) is 61.6 Å². The van der Waals surface area contributed by atoms with Gasteiger partial charge in [0, 0.05) is 11.4 Å². The van der Waals surface area contributed by atoms with E-state index in [0.29, 0.717) is 17.7 Å². The zero-order chi connectivity index (χ0) is 18.2. The second-order valence-corrected chi connectivity index (χ2v) is 7.51. The Morgan fingerprint density at radius 1 is 1.15 bits per heavy atom. The van der Waals surface area contributed by atoms with Crippen LogP contribution >= 0.6 is 23.5 Å². The molecule has 2 heterocycles. The highest BCUT2D eigenvalue weighted by Gasteiger charge is 2.14. The fourth-order valence-corrected chi connectivity index (χ4v) is 3.64. The summed E-state index contributed by atoms with van der Waals surface area (Å²) in [6.45, 7) is 2.48. The van der Waals surface area contributed by atoms with Crippen molar-refractivity contribution in [2.24, 2.45) is 0 Å². The molecule has 0 bridgehead atoms. The Bertz CT molecular complexity index is 833. The molecule has 0 radical (unpaired) electrons. The third-order valence-electron chi connectivity index (χ3n) is 3.48. The topological polar surface area (TPSA) is 81.2 Å². The first-order chi connectivity index (χ1) is 12.7. The summed E-state index contributed by atoms with van der Waals surface area (Å²) in [6.07, 6.45) is 2.49. The molecule has 0 fully saturated rings. The van der Waals surface area contributed by atoms with Crippen LogP contribution in [-0.2, 0) is 4.79 Å². The summed E-state index contributed by atoms with van der Waals surface area (Å²) >= 11 is 3.01. The molecule has 0 unspecified atom stereocenters. The fraction of sp³-hybridized carbons (Fsp3) is 0.278. The minimum Gasteiger partial charge on any atom is -0.469 e. The van der Waals surface area contributed by atoms with Gasteiger partial charge in [-0.25, -0.2) is 0 Å². The van der Waals surface area contributed by atoms with Crippen LogP contribution in [-0.4, -0.2) is 34.2 Å². The van der Waals surface area contributed by atoms with Crippen LogP contribution in [0.1, 0.15) is 12.2 Å². The predicted molar refractivity (Wildman–Crippen MR) is 102 cm³/mol. The van der Waals surface area contributed by atoms with Gasteiger partial charge in [-0.1, -0.05) is 30.0 Å². The van der Waals surface area contributed by atoms with Crippen LogP contribution in [0.3, 0.4) is 0 Å². The Labute approximate surface area is 160 Å². The number of carbonyl (C=O) groups excluding carboxylic acids is 1. The number of furan rings is 1. The van der Waals surface area contributed by atoms with Crippen LogP contribution in [0, 0.1) is 6.92 Å². The Balaban J connectivity index is 1.33. The van der Waals surface area contributed by atoms with Gasteiger partial charge in [0.25, 0.3) is 11.1 Å². The van der Waals surface area contributed by atoms with E-state index in [1.54, 1.807) is 24.1 Å². The minimum absolute atomic E-state index is 0.0426. The zero-order valence-electron chi connectivity index (χ0n) is 14.3. The number of rotatable bonds is 9. The number of carbonyl (C=O) groups is 1. The SMILES string of the molecule is Cc1occc1-c1nnc(SCC(=O)NCCCSc2ccccc2)o1. The number of nitrogens with zero attached hydrogens (tertiary/aromatic N) is 2. The maximum Gasteiger partial charge on any atom is 0.277 e. The molecule has 1 aromatic carbocycles. The van der Waals surface area contributed by atoms with Crippen LogP contribution in [0.2, 0.25) is 0 Å². The van der Waals surface area contributed by atoms with Crippen LogP contribution in [0.4, 0.5) is 0 Å². The Morgan fingerprint density at radius 2 is 2.00 bits per heavy atom. The lowest BCUT2D eigenvalue weighted by molar-refractivity contribution is -0.118. The van der Waals surface area contributed by atoms with Crippen molar-refractivity contribution in [2.45, 2.75) is 23.5 Å². The fourth-order valence-electron chi connectivity index (χ4n) is 2.17. The largest absolute Gasteiger partial charge is 0.469 e. The highest BCUT2D eigenvalue weighted by atomic mass is 32.2. The number of amides is 1. The lowest BCUT2D eigenvalue weighted by atomic mass is 10.3. The smallest absolute Gasteiger partial charge is 0.277 e. The number of aryl methyl sites for hydroxylation is 1. The lowest BCUT2D eigenvalue weighted by Gasteiger charge is -2.04. The Kier molecular flexibility index (Phi) is 6.79. The molecule has 0 saturated heterocycles. The van der Waals surface area contributed by atoms with Gasteiger partial charge in [-0.3, -0.25) is 4.79 Å². The van der Waals surface area contributed by atoms with Gasteiger partial charge in [0.2, 0.25) is 5.91 Å². The first kappa shape index (κ1) is 18.6. The van der Waals surface area contributed by atoms with Crippen molar-refractivity contribution >= 4 is 29.4 Å². The molecule has 0 atom stereocenters. The number of hydrogen-bond acceptors (Lipinski definition) is 7. The molecule has 0 saturated carbocycles. The number of thioether (sulfide) groups is 2. The highest BCUT2D eigenvalue weighted by molar-refractivity contribution is 7.99. The maximum absolute atomic E-state index is 11.9. The quantitative estimate of drug-likeness (QED) is 0.437. The molecule has 26 heavy (non-hydrogen) atoms. The van der Waals surface area contributed by atoms with E-state index in [9.17, 15) is 4.79 Å². The zero-order valence-corrected chi connectivity index (χ0v) is 15.9. The van der Waals surface area contributed by atoms with Crippen molar-refractivity contribution in [1.82, 2.24) is 15.5 Å². The van der Waals surface area contributed by atoms with Crippen molar-refractivity contribution in [3.63, 3.8) is 0 Å². The molecule has 2 aromatic heterocycles. The molecule has 0 spiro atoms. The molecular weight excluding hydrogens is 370 g/mol. The summed E-state index contributed by atoms with van der Waals surface area (Å²) in [5.41, 5.74) is 0.768. The van der Waals surface area contributed by atoms with E-state index in [1.807, 2.05) is 25.1 Å². The summed E-state index contributed by atoms with van der Waals surface area (Å²) in [5, 5.41) is 11.2. The van der Waals surface area contributed by atoms with E-state index in [-0.39, 0.29) is 11.7 Å². The molecular formula is C18H19N3O3S2. The number of nitrogens with one attached hydrogen (secondary N) is 1. The first-order valence-corrected chi connectivity index (χ1v) is 10.1. The van der Waals surface area contributed by atoms with Crippen molar-refractivity contribution in [2.75, 3.05) is 18.1 Å². The van der Waals surface area contributed by atoms with E-state index in [2.05, 4.69) is 27.6 Å². The first-order valence-electron chi connectivity index (χ1n) is 8.17. The van der Waals surface area contributed by atoms with Gasteiger partial charge in [0.05, 0.1) is 17.6 Å². The molecule has 0 aliphatic carbocycles. The van der Waals surface area contributed by atoms with Gasteiger partial charge < -0.3 is 14.2 Å². The lowest BCUT2D eigenvalue weighted by Crippen LogP contribution is -2.26. The summed E-state index contributed by atoms with van der Waals surface area (Å²) in [6, 6.07) is 12.0. The number of aromatic nitrogens is 2. The molecule has 3 aromatic rings. The van der Waals surface area contributed by atoms with Gasteiger partial charge in [0.1, 0.15) is 5.76 Å². The van der Waals surface area contributed by atoms with Crippen molar-refractivity contribution in [1.29, 1.82) is 0 Å². The summed E-state index contributed by atoms with van der Waals surface area (Å²) in [5.74, 6) is 2.29.